The Bertz CT molecular complexity index is 305. The van der Waals surface area contributed by atoms with Gasteiger partial charge in [0.05, 0.1) is 0 Å². The third-order valence-corrected chi connectivity index (χ3v) is 1.43. The minimum Gasteiger partial charge on any atom is -0.410 e. The molecule has 4 heteroatoms. The summed E-state index contributed by atoms with van der Waals surface area (Å²) < 4.78 is 4.80. The summed E-state index contributed by atoms with van der Waals surface area (Å²) in [4.78, 5) is 21.0. The summed E-state index contributed by atoms with van der Waals surface area (Å²) >= 11 is 0. The molecule has 13 heavy (non-hydrogen) atoms. The van der Waals surface area contributed by atoms with E-state index in [1.807, 2.05) is 0 Å². The molecule has 0 bridgehead atoms. The molecular weight excluding hydrogens is 170 g/mol. The molecule has 0 atom stereocenters. The van der Waals surface area contributed by atoms with Crippen molar-refractivity contribution in [1.82, 2.24) is 5.32 Å². The molecule has 1 aromatic carbocycles. The lowest BCUT2D eigenvalue weighted by Crippen LogP contribution is -2.21. The number of aldehydes is 1. The molecule has 0 spiro atoms. The summed E-state index contributed by atoms with van der Waals surface area (Å²) in [7, 11) is 1.47. The zero-order valence-corrected chi connectivity index (χ0v) is 7.11. The van der Waals surface area contributed by atoms with Crippen LogP contribution >= 0.6 is 0 Å². The summed E-state index contributed by atoms with van der Waals surface area (Å²) in [6.45, 7) is 0. The highest BCUT2D eigenvalue weighted by Gasteiger charge is 1.99. The maximum atomic E-state index is 10.7. The maximum Gasteiger partial charge on any atom is 0.412 e. The fraction of sp³-hybridized carbons (Fsp3) is 0.111. The predicted molar refractivity (Wildman–Crippen MR) is 46.9 cm³/mol. The zero-order valence-electron chi connectivity index (χ0n) is 7.11. The van der Waals surface area contributed by atoms with E-state index in [2.05, 4.69) is 5.32 Å². The highest BCUT2D eigenvalue weighted by molar-refractivity contribution is 5.75. The minimum atomic E-state index is -0.529. The number of amides is 1. The molecular formula is C9H9NO3. The average molecular weight is 179 g/mol. The molecule has 1 rings (SSSR count). The second kappa shape index (κ2) is 4.25. The van der Waals surface area contributed by atoms with Gasteiger partial charge in [0, 0.05) is 12.6 Å². The van der Waals surface area contributed by atoms with E-state index in [4.69, 9.17) is 4.74 Å². The predicted octanol–water partition coefficient (Wildman–Crippen LogP) is 1.22. The van der Waals surface area contributed by atoms with E-state index in [0.717, 1.165) is 6.29 Å². The van der Waals surface area contributed by atoms with E-state index in [-0.39, 0.29) is 0 Å². The highest BCUT2D eigenvalue weighted by Crippen LogP contribution is 2.10. The Balaban J connectivity index is 2.69. The number of hydrogen-bond donors (Lipinski definition) is 1. The van der Waals surface area contributed by atoms with Gasteiger partial charge in [0.15, 0.2) is 0 Å². The largest absolute Gasteiger partial charge is 0.412 e. The molecule has 0 fully saturated rings. The SMILES string of the molecule is CNC(=O)Oc1ccc(C=O)cc1. The molecule has 4 nitrogen and oxygen atoms in total. The highest BCUT2D eigenvalue weighted by atomic mass is 16.5. The Kier molecular flexibility index (Phi) is 3.03. The zero-order chi connectivity index (χ0) is 9.68. The van der Waals surface area contributed by atoms with Gasteiger partial charge in [0.1, 0.15) is 12.0 Å². The molecule has 0 radical (unpaired) electrons. The lowest BCUT2D eigenvalue weighted by atomic mass is 10.2. The second-order valence-corrected chi connectivity index (χ2v) is 2.33. The van der Waals surface area contributed by atoms with Gasteiger partial charge in [-0.1, -0.05) is 0 Å². The van der Waals surface area contributed by atoms with Crippen molar-refractivity contribution < 1.29 is 14.3 Å². The van der Waals surface area contributed by atoms with Crippen LogP contribution in [-0.2, 0) is 0 Å². The monoisotopic (exact) mass is 179 g/mol. The van der Waals surface area contributed by atoms with Gasteiger partial charge in [-0.15, -0.1) is 0 Å². The van der Waals surface area contributed by atoms with Gasteiger partial charge >= 0.3 is 6.09 Å². The van der Waals surface area contributed by atoms with Crippen molar-refractivity contribution in [3.63, 3.8) is 0 Å². The average Bonchev–Trinajstić information content (AvgIpc) is 2.19. The van der Waals surface area contributed by atoms with Crippen molar-refractivity contribution >= 4 is 12.4 Å². The molecule has 0 aliphatic carbocycles. The lowest BCUT2D eigenvalue weighted by molar-refractivity contribution is 0.112. The Morgan fingerprint density at radius 2 is 2.00 bits per heavy atom. The first-order valence-corrected chi connectivity index (χ1v) is 3.71. The molecule has 0 unspecified atom stereocenters. The first-order valence-electron chi connectivity index (χ1n) is 3.71. The smallest absolute Gasteiger partial charge is 0.410 e. The molecule has 0 aliphatic heterocycles. The van der Waals surface area contributed by atoms with Crippen LogP contribution in [0.25, 0.3) is 0 Å². The van der Waals surface area contributed by atoms with Crippen LogP contribution in [0.5, 0.6) is 5.75 Å². The van der Waals surface area contributed by atoms with Gasteiger partial charge in [-0.2, -0.15) is 0 Å². The summed E-state index contributed by atoms with van der Waals surface area (Å²) in [6.07, 6.45) is 0.197. The number of benzene rings is 1. The van der Waals surface area contributed by atoms with Crippen molar-refractivity contribution in [2.45, 2.75) is 0 Å². The van der Waals surface area contributed by atoms with Gasteiger partial charge in [-0.3, -0.25) is 4.79 Å². The first kappa shape index (κ1) is 9.25. The van der Waals surface area contributed by atoms with Gasteiger partial charge in [0.2, 0.25) is 0 Å². The Labute approximate surface area is 75.5 Å². The number of rotatable bonds is 2. The molecule has 0 saturated heterocycles. The molecule has 68 valence electrons. The molecule has 1 aromatic rings. The molecule has 0 saturated carbocycles. The van der Waals surface area contributed by atoms with Crippen LogP contribution in [0.1, 0.15) is 10.4 Å². The van der Waals surface area contributed by atoms with Gasteiger partial charge < -0.3 is 10.1 Å². The van der Waals surface area contributed by atoms with Crippen LogP contribution in [0.3, 0.4) is 0 Å². The van der Waals surface area contributed by atoms with Crippen molar-refractivity contribution in [1.29, 1.82) is 0 Å². The van der Waals surface area contributed by atoms with Gasteiger partial charge in [-0.25, -0.2) is 4.79 Å². The normalized spacial score (nSPS) is 9.00. The number of nitrogens with one attached hydrogen (secondary N) is 1. The third kappa shape index (κ3) is 2.59. The van der Waals surface area contributed by atoms with E-state index in [0.29, 0.717) is 11.3 Å². The summed E-state index contributed by atoms with van der Waals surface area (Å²) in [6, 6.07) is 6.26. The Hall–Kier alpha value is -1.84. The van der Waals surface area contributed by atoms with Crippen molar-refractivity contribution in [3.8, 4) is 5.75 Å². The van der Waals surface area contributed by atoms with Crippen LogP contribution < -0.4 is 10.1 Å². The minimum absolute atomic E-state index is 0.407. The van der Waals surface area contributed by atoms with E-state index in [1.165, 1.54) is 7.05 Å². The third-order valence-electron chi connectivity index (χ3n) is 1.43. The fourth-order valence-electron chi connectivity index (χ4n) is 0.773. The van der Waals surface area contributed by atoms with Crippen LogP contribution in [-0.4, -0.2) is 19.4 Å². The first-order chi connectivity index (χ1) is 6.26. The van der Waals surface area contributed by atoms with Crippen LogP contribution in [0, 0.1) is 0 Å². The van der Waals surface area contributed by atoms with Crippen LogP contribution in [0.15, 0.2) is 24.3 Å². The number of carbonyl (C=O) groups is 2. The van der Waals surface area contributed by atoms with E-state index >= 15 is 0 Å². The number of carbonyl (C=O) groups excluding carboxylic acids is 2. The van der Waals surface area contributed by atoms with Crippen molar-refractivity contribution in [2.75, 3.05) is 7.05 Å². The van der Waals surface area contributed by atoms with Crippen LogP contribution in [0.4, 0.5) is 4.79 Å². The Morgan fingerprint density at radius 1 is 1.38 bits per heavy atom. The standard InChI is InChI=1S/C9H9NO3/c1-10-9(12)13-8-4-2-7(6-11)3-5-8/h2-6H,1H3,(H,10,12). The van der Waals surface area contributed by atoms with E-state index < -0.39 is 6.09 Å². The number of ether oxygens (including phenoxy) is 1. The lowest BCUT2D eigenvalue weighted by Gasteiger charge is -2.02. The topological polar surface area (TPSA) is 55.4 Å². The van der Waals surface area contributed by atoms with Crippen molar-refractivity contribution in [3.05, 3.63) is 29.8 Å². The fourth-order valence-corrected chi connectivity index (χ4v) is 0.773. The summed E-state index contributed by atoms with van der Waals surface area (Å²) in [5.74, 6) is 0.407. The number of hydrogen-bond acceptors (Lipinski definition) is 3. The van der Waals surface area contributed by atoms with E-state index in [9.17, 15) is 9.59 Å². The summed E-state index contributed by atoms with van der Waals surface area (Å²) in [5.41, 5.74) is 0.546. The van der Waals surface area contributed by atoms with Crippen molar-refractivity contribution in [2.24, 2.45) is 0 Å². The summed E-state index contributed by atoms with van der Waals surface area (Å²) in [5, 5.41) is 2.31. The molecule has 0 aromatic heterocycles. The molecule has 1 amide bonds. The maximum absolute atomic E-state index is 10.7. The molecule has 1 N–H and O–H groups in total. The van der Waals surface area contributed by atoms with Gasteiger partial charge in [0.25, 0.3) is 0 Å². The second-order valence-electron chi connectivity index (χ2n) is 2.33. The van der Waals surface area contributed by atoms with Crippen LogP contribution in [0.2, 0.25) is 0 Å². The van der Waals surface area contributed by atoms with Gasteiger partial charge in [-0.05, 0) is 24.3 Å². The molecule has 0 heterocycles. The molecule has 0 aliphatic rings. The van der Waals surface area contributed by atoms with E-state index in [1.54, 1.807) is 24.3 Å². The Morgan fingerprint density at radius 3 is 2.46 bits per heavy atom. The quantitative estimate of drug-likeness (QED) is 0.694.